The topological polar surface area (TPSA) is 42.2 Å². The highest BCUT2D eigenvalue weighted by atomic mass is 79.9. The predicted molar refractivity (Wildman–Crippen MR) is 75.1 cm³/mol. The van der Waals surface area contributed by atoms with E-state index in [0.717, 1.165) is 8.88 Å². The molecule has 1 N–H and O–H groups in total. The summed E-state index contributed by atoms with van der Waals surface area (Å²) in [5.74, 6) is 0.637. The molecule has 1 aliphatic heterocycles. The summed E-state index contributed by atoms with van der Waals surface area (Å²) in [4.78, 5) is 5.74. The second-order valence-corrected chi connectivity index (χ2v) is 7.85. The molecule has 2 aliphatic rings. The van der Waals surface area contributed by atoms with Gasteiger partial charge < -0.3 is 5.32 Å². The van der Waals surface area contributed by atoms with Crippen molar-refractivity contribution in [1.29, 1.82) is 0 Å². The summed E-state index contributed by atoms with van der Waals surface area (Å²) in [6, 6.07) is 0. The molecule has 6 heteroatoms. The Morgan fingerprint density at radius 1 is 1.50 bits per heavy atom. The van der Waals surface area contributed by atoms with Crippen molar-refractivity contribution in [2.75, 3.05) is 13.1 Å². The van der Waals surface area contributed by atoms with Crippen molar-refractivity contribution in [3.05, 3.63) is 15.8 Å². The van der Waals surface area contributed by atoms with E-state index in [0.29, 0.717) is 11.3 Å². The summed E-state index contributed by atoms with van der Waals surface area (Å²) in [6.07, 6.45) is 7.39. The van der Waals surface area contributed by atoms with Crippen LogP contribution in [0.1, 0.15) is 37.3 Å². The minimum atomic E-state index is 0.565. The van der Waals surface area contributed by atoms with Crippen LogP contribution in [0.5, 0.6) is 0 Å². The first-order valence-corrected chi connectivity index (χ1v) is 8.07. The van der Waals surface area contributed by atoms with Gasteiger partial charge in [0.15, 0.2) is 3.92 Å². The zero-order valence-corrected chi connectivity index (χ0v) is 12.4. The van der Waals surface area contributed by atoms with Gasteiger partial charge in [0.05, 0.1) is 11.9 Å². The third-order valence-corrected chi connectivity index (χ3v) is 5.85. The van der Waals surface area contributed by atoms with E-state index < -0.39 is 0 Å². The molecule has 1 aliphatic carbocycles. The molecule has 4 nitrogen and oxygen atoms in total. The minimum absolute atomic E-state index is 0.565. The molecule has 0 amide bonds. The van der Waals surface area contributed by atoms with Crippen molar-refractivity contribution in [3.8, 4) is 0 Å². The number of hydrogen-bond acceptors (Lipinski definition) is 4. The normalized spacial score (nSPS) is 31.9. The quantitative estimate of drug-likeness (QED) is 0.876. The number of nitrogens with zero attached hydrogens (tertiary/aromatic N) is 3. The zero-order chi connectivity index (χ0) is 12.2. The third-order valence-electron chi connectivity index (χ3n) is 4.49. The molecule has 2 atom stereocenters. The van der Waals surface area contributed by atoms with Crippen LogP contribution in [-0.2, 0) is 0 Å². The standard InChI is InChI=1S/C12H15BrN4S/c13-10-16-17-6-9(15-11(17)18-10)8-1-2-12(5-8)3-4-14-7-12/h6,8,14H,1-5,7H2. The highest BCUT2D eigenvalue weighted by Gasteiger charge is 2.42. The lowest BCUT2D eigenvalue weighted by Crippen LogP contribution is -2.20. The van der Waals surface area contributed by atoms with Gasteiger partial charge in [-0.3, -0.25) is 0 Å². The SMILES string of the molecule is Brc1nn2cc(C3CCC4(CCNC4)C3)nc2s1. The van der Waals surface area contributed by atoms with Gasteiger partial charge in [0.1, 0.15) is 0 Å². The molecule has 0 bridgehead atoms. The van der Waals surface area contributed by atoms with Gasteiger partial charge >= 0.3 is 0 Å². The Hall–Kier alpha value is -0.460. The Balaban J connectivity index is 1.61. The lowest BCUT2D eigenvalue weighted by atomic mass is 9.84. The Bertz CT molecular complexity index is 552. The van der Waals surface area contributed by atoms with Crippen LogP contribution in [0, 0.1) is 5.41 Å². The Morgan fingerprint density at radius 2 is 2.44 bits per heavy atom. The van der Waals surface area contributed by atoms with E-state index in [1.54, 1.807) is 11.3 Å². The van der Waals surface area contributed by atoms with Crippen LogP contribution in [-0.4, -0.2) is 27.7 Å². The van der Waals surface area contributed by atoms with E-state index in [-0.39, 0.29) is 0 Å². The van der Waals surface area contributed by atoms with Crippen LogP contribution in [0.25, 0.3) is 4.96 Å². The maximum atomic E-state index is 4.74. The van der Waals surface area contributed by atoms with Gasteiger partial charge in [-0.15, -0.1) is 5.10 Å². The lowest BCUT2D eigenvalue weighted by Gasteiger charge is -2.21. The molecule has 3 heterocycles. The van der Waals surface area contributed by atoms with E-state index >= 15 is 0 Å². The summed E-state index contributed by atoms with van der Waals surface area (Å²) in [7, 11) is 0. The van der Waals surface area contributed by atoms with Gasteiger partial charge in [-0.05, 0) is 53.6 Å². The highest BCUT2D eigenvalue weighted by Crippen LogP contribution is 2.49. The number of rotatable bonds is 1. The first-order chi connectivity index (χ1) is 8.74. The smallest absolute Gasteiger partial charge is 0.213 e. The molecule has 2 unspecified atom stereocenters. The summed E-state index contributed by atoms with van der Waals surface area (Å²) >= 11 is 5.00. The fraction of sp³-hybridized carbons (Fsp3) is 0.667. The van der Waals surface area contributed by atoms with Gasteiger partial charge in [-0.25, -0.2) is 9.50 Å². The average Bonchev–Trinajstić information content (AvgIpc) is 3.03. The molecule has 0 aromatic carbocycles. The molecule has 1 saturated carbocycles. The van der Waals surface area contributed by atoms with Crippen LogP contribution in [0.15, 0.2) is 10.1 Å². The lowest BCUT2D eigenvalue weighted by molar-refractivity contribution is 0.331. The fourth-order valence-corrected chi connectivity index (χ4v) is 4.75. The monoisotopic (exact) mass is 326 g/mol. The fourth-order valence-electron chi connectivity index (χ4n) is 3.53. The van der Waals surface area contributed by atoms with Crippen molar-refractivity contribution in [3.63, 3.8) is 0 Å². The van der Waals surface area contributed by atoms with E-state index in [4.69, 9.17) is 4.98 Å². The van der Waals surface area contributed by atoms with E-state index in [1.165, 1.54) is 44.5 Å². The van der Waals surface area contributed by atoms with Crippen LogP contribution >= 0.6 is 27.3 Å². The Labute approximate surface area is 118 Å². The molecule has 0 radical (unpaired) electrons. The molecule has 2 aromatic rings. The molecule has 1 spiro atoms. The van der Waals surface area contributed by atoms with Crippen molar-refractivity contribution in [1.82, 2.24) is 19.9 Å². The number of aromatic nitrogens is 3. The van der Waals surface area contributed by atoms with E-state index in [2.05, 4.69) is 32.5 Å². The van der Waals surface area contributed by atoms with Gasteiger partial charge in [-0.2, -0.15) is 0 Å². The van der Waals surface area contributed by atoms with Gasteiger partial charge in [0.2, 0.25) is 4.96 Å². The number of halogens is 1. The number of fused-ring (bicyclic) bond motifs is 1. The van der Waals surface area contributed by atoms with Crippen molar-refractivity contribution in [2.45, 2.75) is 31.6 Å². The van der Waals surface area contributed by atoms with Crippen LogP contribution in [0.4, 0.5) is 0 Å². The zero-order valence-electron chi connectivity index (χ0n) is 10.0. The molecular weight excluding hydrogens is 312 g/mol. The third kappa shape index (κ3) is 1.73. The first kappa shape index (κ1) is 11.4. The van der Waals surface area contributed by atoms with Gasteiger partial charge in [0.25, 0.3) is 0 Å². The molecule has 18 heavy (non-hydrogen) atoms. The van der Waals surface area contributed by atoms with Crippen LogP contribution in [0.3, 0.4) is 0 Å². The second-order valence-electron chi connectivity index (χ2n) is 5.61. The molecule has 4 rings (SSSR count). The predicted octanol–water partition coefficient (Wildman–Crippen LogP) is 2.80. The molecule has 96 valence electrons. The minimum Gasteiger partial charge on any atom is -0.316 e. The van der Waals surface area contributed by atoms with Crippen molar-refractivity contribution >= 4 is 32.2 Å². The van der Waals surface area contributed by atoms with E-state index in [9.17, 15) is 0 Å². The maximum Gasteiger partial charge on any atom is 0.213 e. The number of hydrogen-bond donors (Lipinski definition) is 1. The second kappa shape index (κ2) is 4.02. The van der Waals surface area contributed by atoms with Crippen molar-refractivity contribution in [2.24, 2.45) is 5.41 Å². The number of nitrogens with one attached hydrogen (secondary N) is 1. The summed E-state index contributed by atoms with van der Waals surface area (Å²) in [5, 5.41) is 7.89. The maximum absolute atomic E-state index is 4.74. The van der Waals surface area contributed by atoms with Gasteiger partial charge in [-0.1, -0.05) is 11.3 Å². The van der Waals surface area contributed by atoms with Gasteiger partial charge in [0, 0.05) is 12.5 Å². The van der Waals surface area contributed by atoms with Crippen molar-refractivity contribution < 1.29 is 0 Å². The summed E-state index contributed by atoms with van der Waals surface area (Å²) in [5.41, 5.74) is 1.81. The molecule has 2 aromatic heterocycles. The Morgan fingerprint density at radius 3 is 3.22 bits per heavy atom. The van der Waals surface area contributed by atoms with Crippen LogP contribution < -0.4 is 5.32 Å². The number of imidazole rings is 1. The molecule has 1 saturated heterocycles. The van der Waals surface area contributed by atoms with E-state index in [1.807, 2.05) is 4.52 Å². The molecular formula is C12H15BrN4S. The summed E-state index contributed by atoms with van der Waals surface area (Å²) < 4.78 is 2.81. The van der Waals surface area contributed by atoms with Crippen LogP contribution in [0.2, 0.25) is 0 Å². The average molecular weight is 327 g/mol. The Kier molecular flexibility index (Phi) is 2.54. The summed E-state index contributed by atoms with van der Waals surface area (Å²) in [6.45, 7) is 2.40. The highest BCUT2D eigenvalue weighted by molar-refractivity contribution is 9.11. The molecule has 2 fully saturated rings. The largest absolute Gasteiger partial charge is 0.316 e. The first-order valence-electron chi connectivity index (χ1n) is 6.47.